The predicted octanol–water partition coefficient (Wildman–Crippen LogP) is 2.32. The largest absolute Gasteiger partial charge is 0.497 e. The second-order valence-corrected chi connectivity index (χ2v) is 5.90. The lowest BCUT2D eigenvalue weighted by atomic mass is 10.1. The van der Waals surface area contributed by atoms with Gasteiger partial charge in [-0.05, 0) is 36.8 Å². The molecule has 2 unspecified atom stereocenters. The number of anilines is 1. The summed E-state index contributed by atoms with van der Waals surface area (Å²) in [5, 5.41) is 5.32. The molecule has 0 radical (unpaired) electrons. The Kier molecular flexibility index (Phi) is 4.88. The monoisotopic (exact) mass is 353 g/mol. The van der Waals surface area contributed by atoms with Crippen molar-refractivity contribution in [1.29, 1.82) is 0 Å². The topological polar surface area (TPSA) is 87.7 Å². The summed E-state index contributed by atoms with van der Waals surface area (Å²) in [5.74, 6) is -0.234. The smallest absolute Gasteiger partial charge is 0.325 e. The summed E-state index contributed by atoms with van der Waals surface area (Å²) < 4.78 is 5.07. The van der Waals surface area contributed by atoms with E-state index in [4.69, 9.17) is 4.74 Å². The average molecular weight is 353 g/mol. The summed E-state index contributed by atoms with van der Waals surface area (Å²) in [7, 11) is 1.55. The van der Waals surface area contributed by atoms with Crippen molar-refractivity contribution in [2.45, 2.75) is 19.0 Å². The standard InChI is InChI=1S/C19H19N3O4/c1-12(17(23)20-14-8-10-15(26-2)11-9-14)22-18(24)16(21-19(22)25)13-6-4-3-5-7-13/h3-12,16H,1-2H3,(H,20,23)(H,21,25). The fourth-order valence-electron chi connectivity index (χ4n) is 2.77. The summed E-state index contributed by atoms with van der Waals surface area (Å²) >= 11 is 0. The molecule has 1 saturated heterocycles. The zero-order chi connectivity index (χ0) is 18.7. The molecule has 7 heteroatoms. The maximum atomic E-state index is 12.6. The predicted molar refractivity (Wildman–Crippen MR) is 95.6 cm³/mol. The van der Waals surface area contributed by atoms with Gasteiger partial charge in [-0.3, -0.25) is 9.59 Å². The molecule has 0 spiro atoms. The quantitative estimate of drug-likeness (QED) is 0.808. The molecule has 0 bridgehead atoms. The SMILES string of the molecule is COc1ccc(NC(=O)C(C)N2C(=O)NC(c3ccccc3)C2=O)cc1. The minimum atomic E-state index is -0.946. The van der Waals surface area contributed by atoms with E-state index in [-0.39, 0.29) is 0 Å². The van der Waals surface area contributed by atoms with Crippen molar-refractivity contribution >= 4 is 23.5 Å². The van der Waals surface area contributed by atoms with Crippen LogP contribution in [0, 0.1) is 0 Å². The van der Waals surface area contributed by atoms with E-state index in [9.17, 15) is 14.4 Å². The number of nitrogens with zero attached hydrogens (tertiary/aromatic N) is 1. The molecule has 4 amide bonds. The number of hydrogen-bond acceptors (Lipinski definition) is 4. The number of ether oxygens (including phenoxy) is 1. The number of carbonyl (C=O) groups excluding carboxylic acids is 3. The van der Waals surface area contributed by atoms with E-state index >= 15 is 0 Å². The molecule has 1 fully saturated rings. The molecule has 134 valence electrons. The van der Waals surface area contributed by atoms with Crippen molar-refractivity contribution in [2.24, 2.45) is 0 Å². The van der Waals surface area contributed by atoms with Gasteiger partial charge in [0.25, 0.3) is 5.91 Å². The number of hydrogen-bond donors (Lipinski definition) is 2. The molecule has 1 aliphatic rings. The summed E-state index contributed by atoms with van der Waals surface area (Å²) in [5.41, 5.74) is 1.23. The first-order chi connectivity index (χ1) is 12.5. The Hall–Kier alpha value is -3.35. The molecule has 0 aliphatic carbocycles. The normalized spacial score (nSPS) is 17.6. The lowest BCUT2D eigenvalue weighted by molar-refractivity contribution is -0.133. The molecule has 1 aliphatic heterocycles. The molecule has 2 atom stereocenters. The number of amides is 4. The van der Waals surface area contributed by atoms with Gasteiger partial charge in [0.2, 0.25) is 5.91 Å². The second-order valence-electron chi connectivity index (χ2n) is 5.90. The minimum Gasteiger partial charge on any atom is -0.497 e. The number of nitrogens with one attached hydrogen (secondary N) is 2. The number of imide groups is 1. The molecule has 1 heterocycles. The van der Waals surface area contributed by atoms with E-state index in [1.54, 1.807) is 55.6 Å². The van der Waals surface area contributed by atoms with Crippen LogP contribution in [-0.2, 0) is 9.59 Å². The van der Waals surface area contributed by atoms with Gasteiger partial charge in [-0.2, -0.15) is 0 Å². The Morgan fingerprint density at radius 1 is 1.12 bits per heavy atom. The highest BCUT2D eigenvalue weighted by molar-refractivity contribution is 6.09. The molecular formula is C19H19N3O4. The van der Waals surface area contributed by atoms with E-state index in [1.165, 1.54) is 6.92 Å². The first-order valence-electron chi connectivity index (χ1n) is 8.14. The molecule has 3 rings (SSSR count). The van der Waals surface area contributed by atoms with Crippen LogP contribution >= 0.6 is 0 Å². The number of urea groups is 1. The van der Waals surface area contributed by atoms with E-state index in [2.05, 4.69) is 10.6 Å². The summed E-state index contributed by atoms with van der Waals surface area (Å²) in [4.78, 5) is 38.3. The highest BCUT2D eigenvalue weighted by Crippen LogP contribution is 2.24. The Bertz CT molecular complexity index is 820. The number of benzene rings is 2. The molecule has 7 nitrogen and oxygen atoms in total. The highest BCUT2D eigenvalue weighted by Gasteiger charge is 2.43. The van der Waals surface area contributed by atoms with Crippen LogP contribution < -0.4 is 15.4 Å². The molecule has 2 aromatic rings. The first-order valence-corrected chi connectivity index (χ1v) is 8.14. The Morgan fingerprint density at radius 2 is 1.77 bits per heavy atom. The second kappa shape index (κ2) is 7.26. The van der Waals surface area contributed by atoms with E-state index in [1.807, 2.05) is 6.07 Å². The van der Waals surface area contributed by atoms with Gasteiger partial charge in [0.15, 0.2) is 0 Å². The molecule has 0 saturated carbocycles. The van der Waals surface area contributed by atoms with Crippen LogP contribution in [0.15, 0.2) is 54.6 Å². The maximum absolute atomic E-state index is 12.6. The van der Waals surface area contributed by atoms with Gasteiger partial charge in [0.1, 0.15) is 17.8 Å². The van der Waals surface area contributed by atoms with Crippen LogP contribution in [0.5, 0.6) is 5.75 Å². The van der Waals surface area contributed by atoms with Crippen molar-refractivity contribution in [3.63, 3.8) is 0 Å². The lowest BCUT2D eigenvalue weighted by Gasteiger charge is -2.21. The van der Waals surface area contributed by atoms with Gasteiger partial charge in [-0.15, -0.1) is 0 Å². The van der Waals surface area contributed by atoms with Crippen LogP contribution in [0.2, 0.25) is 0 Å². The van der Waals surface area contributed by atoms with Gasteiger partial charge in [0, 0.05) is 5.69 Å². The molecular weight excluding hydrogens is 334 g/mol. The number of carbonyl (C=O) groups is 3. The van der Waals surface area contributed by atoms with Crippen LogP contribution in [-0.4, -0.2) is 35.9 Å². The van der Waals surface area contributed by atoms with E-state index < -0.39 is 29.9 Å². The van der Waals surface area contributed by atoms with E-state index in [0.29, 0.717) is 17.0 Å². The zero-order valence-corrected chi connectivity index (χ0v) is 14.4. The molecule has 2 aromatic carbocycles. The number of methoxy groups -OCH3 is 1. The van der Waals surface area contributed by atoms with Crippen molar-refractivity contribution in [3.05, 3.63) is 60.2 Å². The van der Waals surface area contributed by atoms with Crippen molar-refractivity contribution in [1.82, 2.24) is 10.2 Å². The maximum Gasteiger partial charge on any atom is 0.325 e. The zero-order valence-electron chi connectivity index (χ0n) is 14.4. The Morgan fingerprint density at radius 3 is 2.38 bits per heavy atom. The van der Waals surface area contributed by atoms with Crippen molar-refractivity contribution < 1.29 is 19.1 Å². The van der Waals surface area contributed by atoms with Crippen molar-refractivity contribution in [2.75, 3.05) is 12.4 Å². The van der Waals surface area contributed by atoms with Crippen LogP contribution in [0.1, 0.15) is 18.5 Å². The van der Waals surface area contributed by atoms with Gasteiger partial charge in [0.05, 0.1) is 7.11 Å². The summed E-state index contributed by atoms with van der Waals surface area (Å²) in [6.07, 6.45) is 0. The minimum absolute atomic E-state index is 0.446. The lowest BCUT2D eigenvalue weighted by Crippen LogP contribution is -2.45. The summed E-state index contributed by atoms with van der Waals surface area (Å²) in [6.45, 7) is 1.52. The third-order valence-electron chi connectivity index (χ3n) is 4.23. The Balaban J connectivity index is 1.71. The molecule has 26 heavy (non-hydrogen) atoms. The molecule has 0 aromatic heterocycles. The fraction of sp³-hybridized carbons (Fsp3) is 0.211. The average Bonchev–Trinajstić information content (AvgIpc) is 2.96. The highest BCUT2D eigenvalue weighted by atomic mass is 16.5. The molecule has 2 N–H and O–H groups in total. The first kappa shape index (κ1) is 17.5. The van der Waals surface area contributed by atoms with Gasteiger partial charge >= 0.3 is 6.03 Å². The third-order valence-corrected chi connectivity index (χ3v) is 4.23. The fourth-order valence-corrected chi connectivity index (χ4v) is 2.77. The summed E-state index contributed by atoms with van der Waals surface area (Å²) in [6, 6.07) is 13.4. The third kappa shape index (κ3) is 3.37. The Labute approximate surface area is 150 Å². The van der Waals surface area contributed by atoms with Crippen LogP contribution in [0.25, 0.3) is 0 Å². The van der Waals surface area contributed by atoms with Gasteiger partial charge in [-0.25, -0.2) is 9.69 Å². The van der Waals surface area contributed by atoms with Gasteiger partial charge < -0.3 is 15.4 Å². The van der Waals surface area contributed by atoms with Crippen molar-refractivity contribution in [3.8, 4) is 5.75 Å². The van der Waals surface area contributed by atoms with Crippen LogP contribution in [0.3, 0.4) is 0 Å². The number of rotatable bonds is 5. The van der Waals surface area contributed by atoms with Gasteiger partial charge in [-0.1, -0.05) is 30.3 Å². The van der Waals surface area contributed by atoms with Crippen LogP contribution in [0.4, 0.5) is 10.5 Å². The van der Waals surface area contributed by atoms with E-state index in [0.717, 1.165) is 4.90 Å².